The Morgan fingerprint density at radius 1 is 1.25 bits per heavy atom. The second-order valence-electron chi connectivity index (χ2n) is 5.05. The summed E-state index contributed by atoms with van der Waals surface area (Å²) in [4.78, 5) is 11.7. The van der Waals surface area contributed by atoms with E-state index in [4.69, 9.17) is 21.5 Å². The predicted molar refractivity (Wildman–Crippen MR) is 92.8 cm³/mol. The average molecular weight is 369 g/mol. The minimum atomic E-state index is -3.90. The van der Waals surface area contributed by atoms with Gasteiger partial charge < -0.3 is 10.1 Å². The van der Waals surface area contributed by atoms with Crippen LogP contribution in [-0.2, 0) is 21.2 Å². The van der Waals surface area contributed by atoms with E-state index in [9.17, 15) is 13.2 Å². The fraction of sp³-hybridized carbons (Fsp3) is 0.188. The van der Waals surface area contributed by atoms with E-state index in [0.717, 1.165) is 5.56 Å². The Morgan fingerprint density at radius 2 is 2.00 bits per heavy atom. The third kappa shape index (κ3) is 4.70. The number of esters is 1. The Morgan fingerprint density at radius 3 is 2.62 bits per heavy atom. The molecular weight excluding hydrogens is 352 g/mol. The number of anilines is 1. The summed E-state index contributed by atoms with van der Waals surface area (Å²) in [5, 5.41) is 8.84. The Hall–Kier alpha value is -2.09. The van der Waals surface area contributed by atoms with Crippen molar-refractivity contribution in [3.63, 3.8) is 0 Å². The molecule has 0 saturated carbocycles. The van der Waals surface area contributed by atoms with Crippen LogP contribution in [-0.4, -0.2) is 28.0 Å². The molecular formula is C16H17ClN2O4S. The maximum Gasteiger partial charge on any atom is 0.340 e. The molecule has 0 fully saturated rings. The topological polar surface area (TPSA) is 98.5 Å². The van der Waals surface area contributed by atoms with Crippen molar-refractivity contribution in [2.45, 2.75) is 11.3 Å². The average Bonchev–Trinajstić information content (AvgIpc) is 2.53. The highest BCUT2D eigenvalue weighted by Crippen LogP contribution is 2.21. The highest BCUT2D eigenvalue weighted by Gasteiger charge is 2.17. The maximum absolute atomic E-state index is 11.9. The minimum absolute atomic E-state index is 0.107. The molecule has 0 aliphatic rings. The number of hydrogen-bond donors (Lipinski definition) is 2. The summed E-state index contributed by atoms with van der Waals surface area (Å²) >= 11 is 5.94. The van der Waals surface area contributed by atoms with Gasteiger partial charge in [0, 0.05) is 17.3 Å². The van der Waals surface area contributed by atoms with Crippen molar-refractivity contribution < 1.29 is 17.9 Å². The lowest BCUT2D eigenvalue weighted by molar-refractivity contribution is 0.0601. The second-order valence-corrected chi connectivity index (χ2v) is 7.05. The summed E-state index contributed by atoms with van der Waals surface area (Å²) in [6.45, 7) is 0.527. The van der Waals surface area contributed by atoms with Crippen molar-refractivity contribution in [2.75, 3.05) is 19.0 Å². The van der Waals surface area contributed by atoms with Gasteiger partial charge in [0.1, 0.15) is 0 Å². The van der Waals surface area contributed by atoms with Crippen LogP contribution in [0, 0.1) is 0 Å². The van der Waals surface area contributed by atoms with Crippen molar-refractivity contribution in [1.82, 2.24) is 0 Å². The number of sulfonamides is 1. The molecule has 0 heterocycles. The predicted octanol–water partition coefficient (Wildman–Crippen LogP) is 2.43. The van der Waals surface area contributed by atoms with Crippen LogP contribution in [0.3, 0.4) is 0 Å². The molecule has 6 nitrogen and oxygen atoms in total. The van der Waals surface area contributed by atoms with Crippen LogP contribution in [0.4, 0.5) is 5.69 Å². The first-order valence-electron chi connectivity index (χ1n) is 7.05. The number of methoxy groups -OCH3 is 1. The zero-order valence-corrected chi connectivity index (χ0v) is 14.5. The number of rotatable bonds is 6. The first kappa shape index (κ1) is 18.3. The maximum atomic E-state index is 11.9. The highest BCUT2D eigenvalue weighted by molar-refractivity contribution is 7.89. The third-order valence-electron chi connectivity index (χ3n) is 3.34. The van der Waals surface area contributed by atoms with Crippen LogP contribution in [0.1, 0.15) is 15.9 Å². The van der Waals surface area contributed by atoms with E-state index < -0.39 is 16.0 Å². The van der Waals surface area contributed by atoms with Gasteiger partial charge >= 0.3 is 5.97 Å². The molecule has 0 spiro atoms. The van der Waals surface area contributed by atoms with E-state index in [1.165, 1.54) is 25.3 Å². The van der Waals surface area contributed by atoms with Crippen LogP contribution in [0.5, 0.6) is 0 Å². The molecule has 24 heavy (non-hydrogen) atoms. The lowest BCUT2D eigenvalue weighted by Crippen LogP contribution is -2.15. The summed E-state index contributed by atoms with van der Waals surface area (Å²) < 4.78 is 27.6. The SMILES string of the molecule is COC(=O)c1cc(S(N)(=O)=O)ccc1NCCc1cccc(Cl)c1. The standard InChI is InChI=1S/C16H17ClN2O4S/c1-23-16(20)14-10-13(24(18,21)22)5-6-15(14)19-8-7-11-3-2-4-12(17)9-11/h2-6,9-10,19H,7-8H2,1H3,(H2,18,21,22). The number of halogens is 1. The van der Waals surface area contributed by atoms with Gasteiger partial charge in [0.25, 0.3) is 0 Å². The summed E-state index contributed by atoms with van der Waals surface area (Å²) in [6, 6.07) is 11.5. The van der Waals surface area contributed by atoms with E-state index in [2.05, 4.69) is 5.32 Å². The van der Waals surface area contributed by atoms with Gasteiger partial charge in [0.05, 0.1) is 17.6 Å². The normalized spacial score (nSPS) is 11.1. The molecule has 2 aromatic carbocycles. The molecule has 0 amide bonds. The number of nitrogens with one attached hydrogen (secondary N) is 1. The fourth-order valence-electron chi connectivity index (χ4n) is 2.17. The first-order chi connectivity index (χ1) is 11.3. The largest absolute Gasteiger partial charge is 0.465 e. The number of ether oxygens (including phenoxy) is 1. The second kappa shape index (κ2) is 7.65. The van der Waals surface area contributed by atoms with Crippen molar-refractivity contribution in [3.8, 4) is 0 Å². The lowest BCUT2D eigenvalue weighted by atomic mass is 10.1. The summed E-state index contributed by atoms with van der Waals surface area (Å²) in [5.41, 5.74) is 1.61. The van der Waals surface area contributed by atoms with Crippen molar-refractivity contribution >= 4 is 33.3 Å². The molecule has 8 heteroatoms. The molecule has 0 saturated heterocycles. The van der Waals surface area contributed by atoms with Gasteiger partial charge in [-0.15, -0.1) is 0 Å². The zero-order chi connectivity index (χ0) is 17.7. The molecule has 0 bridgehead atoms. The number of carbonyl (C=O) groups is 1. The number of hydrogen-bond acceptors (Lipinski definition) is 5. The van der Waals surface area contributed by atoms with Crippen LogP contribution in [0.2, 0.25) is 5.02 Å². The van der Waals surface area contributed by atoms with Gasteiger partial charge in [0.2, 0.25) is 10.0 Å². The van der Waals surface area contributed by atoms with Crippen LogP contribution in [0.25, 0.3) is 0 Å². The molecule has 0 unspecified atom stereocenters. The van der Waals surface area contributed by atoms with Crippen molar-refractivity contribution in [1.29, 1.82) is 0 Å². The van der Waals surface area contributed by atoms with Crippen LogP contribution in [0.15, 0.2) is 47.4 Å². The van der Waals surface area contributed by atoms with Crippen LogP contribution >= 0.6 is 11.6 Å². The first-order valence-corrected chi connectivity index (χ1v) is 8.97. The van der Waals surface area contributed by atoms with Gasteiger partial charge in [-0.1, -0.05) is 23.7 Å². The third-order valence-corrected chi connectivity index (χ3v) is 4.49. The van der Waals surface area contributed by atoms with E-state index >= 15 is 0 Å². The summed E-state index contributed by atoms with van der Waals surface area (Å²) in [5.74, 6) is -0.647. The number of benzene rings is 2. The Bertz CT molecular complexity index is 853. The molecule has 0 aromatic heterocycles. The highest BCUT2D eigenvalue weighted by atomic mass is 35.5. The van der Waals surface area contributed by atoms with Crippen LogP contribution < -0.4 is 10.5 Å². The van der Waals surface area contributed by atoms with E-state index in [0.29, 0.717) is 23.7 Å². The lowest BCUT2D eigenvalue weighted by Gasteiger charge is -2.12. The molecule has 0 atom stereocenters. The van der Waals surface area contributed by atoms with Gasteiger partial charge in [0.15, 0.2) is 0 Å². The Labute approximate surface area is 145 Å². The monoisotopic (exact) mass is 368 g/mol. The van der Waals surface area contributed by atoms with Gasteiger partial charge in [-0.2, -0.15) is 0 Å². The van der Waals surface area contributed by atoms with Gasteiger partial charge in [-0.3, -0.25) is 0 Å². The molecule has 128 valence electrons. The van der Waals surface area contributed by atoms with E-state index in [1.807, 2.05) is 18.2 Å². The molecule has 2 aromatic rings. The summed E-state index contributed by atoms with van der Waals surface area (Å²) in [6.07, 6.45) is 0.679. The Balaban J connectivity index is 2.18. The number of primary sulfonamides is 1. The number of carbonyl (C=O) groups excluding carboxylic acids is 1. The molecule has 0 radical (unpaired) electrons. The van der Waals surface area contributed by atoms with E-state index in [-0.39, 0.29) is 10.5 Å². The molecule has 0 aliphatic carbocycles. The quantitative estimate of drug-likeness (QED) is 0.763. The smallest absolute Gasteiger partial charge is 0.340 e. The van der Waals surface area contributed by atoms with Crippen molar-refractivity contribution in [3.05, 3.63) is 58.6 Å². The van der Waals surface area contributed by atoms with Gasteiger partial charge in [-0.05, 0) is 42.3 Å². The molecule has 2 rings (SSSR count). The Kier molecular flexibility index (Phi) is 5.82. The molecule has 0 aliphatic heterocycles. The fourth-order valence-corrected chi connectivity index (χ4v) is 2.92. The molecule has 3 N–H and O–H groups in total. The van der Waals surface area contributed by atoms with Crippen molar-refractivity contribution in [2.24, 2.45) is 5.14 Å². The summed E-state index contributed by atoms with van der Waals surface area (Å²) in [7, 11) is -2.68. The zero-order valence-electron chi connectivity index (χ0n) is 13.0. The van der Waals surface area contributed by atoms with E-state index in [1.54, 1.807) is 6.07 Å². The number of nitrogens with two attached hydrogens (primary N) is 1. The minimum Gasteiger partial charge on any atom is -0.465 e. The van der Waals surface area contributed by atoms with Gasteiger partial charge in [-0.25, -0.2) is 18.4 Å².